The fourth-order valence-corrected chi connectivity index (χ4v) is 1.84. The van der Waals surface area contributed by atoms with Gasteiger partial charge in [-0.15, -0.1) is 0 Å². The van der Waals surface area contributed by atoms with Crippen molar-refractivity contribution in [2.45, 2.75) is 32.6 Å². The molecule has 0 aliphatic rings. The number of hydrogen-bond acceptors (Lipinski definition) is 4. The molecule has 0 saturated carbocycles. The molecular weight excluding hydrogens is 254 g/mol. The Labute approximate surface area is 121 Å². The Hall–Kier alpha value is -1.62. The summed E-state index contributed by atoms with van der Waals surface area (Å²) >= 11 is 0. The average Bonchev–Trinajstić information content (AvgIpc) is 2.49. The maximum Gasteiger partial charge on any atom is 0.255 e. The summed E-state index contributed by atoms with van der Waals surface area (Å²) in [6, 6.07) is 3.64. The van der Waals surface area contributed by atoms with Crippen molar-refractivity contribution < 1.29 is 9.90 Å². The van der Waals surface area contributed by atoms with Crippen LogP contribution >= 0.6 is 0 Å². The number of pyridine rings is 1. The largest absolute Gasteiger partial charge is 0.396 e. The van der Waals surface area contributed by atoms with Crippen molar-refractivity contribution >= 4 is 11.7 Å². The Kier molecular flexibility index (Phi) is 7.65. The maximum atomic E-state index is 12.1. The summed E-state index contributed by atoms with van der Waals surface area (Å²) in [5.41, 5.74) is 0.608. The van der Waals surface area contributed by atoms with E-state index >= 15 is 0 Å². The second-order valence-corrected chi connectivity index (χ2v) is 4.87. The topological polar surface area (TPSA) is 65.5 Å². The van der Waals surface area contributed by atoms with Gasteiger partial charge in [0.2, 0.25) is 0 Å². The molecule has 0 aromatic carbocycles. The Morgan fingerprint density at radius 2 is 2.15 bits per heavy atom. The van der Waals surface area contributed by atoms with Gasteiger partial charge in [0.25, 0.3) is 5.91 Å². The summed E-state index contributed by atoms with van der Waals surface area (Å²) < 4.78 is 0. The number of amides is 1. The number of unbranched alkanes of at least 4 members (excludes halogenated alkanes) is 2. The fourth-order valence-electron chi connectivity index (χ4n) is 1.84. The predicted octanol–water partition coefficient (Wildman–Crippen LogP) is 2.14. The van der Waals surface area contributed by atoms with Crippen molar-refractivity contribution in [3.05, 3.63) is 23.9 Å². The number of nitrogens with zero attached hydrogens (tertiary/aromatic N) is 2. The van der Waals surface area contributed by atoms with E-state index in [4.69, 9.17) is 5.11 Å². The van der Waals surface area contributed by atoms with Crippen molar-refractivity contribution in [2.24, 2.45) is 0 Å². The zero-order chi connectivity index (χ0) is 14.8. The normalized spacial score (nSPS) is 10.3. The minimum Gasteiger partial charge on any atom is -0.396 e. The first-order valence-electron chi connectivity index (χ1n) is 7.25. The average molecular weight is 279 g/mol. The molecule has 0 aliphatic heterocycles. The van der Waals surface area contributed by atoms with Gasteiger partial charge in [-0.25, -0.2) is 4.98 Å². The molecule has 0 bridgehead atoms. The molecule has 0 fully saturated rings. The van der Waals surface area contributed by atoms with Crippen LogP contribution in [0.25, 0.3) is 0 Å². The van der Waals surface area contributed by atoms with Crippen LogP contribution in [0.4, 0.5) is 5.82 Å². The second kappa shape index (κ2) is 9.31. The van der Waals surface area contributed by atoms with Crippen LogP contribution in [0.1, 0.15) is 43.0 Å². The lowest BCUT2D eigenvalue weighted by molar-refractivity contribution is 0.0792. The summed E-state index contributed by atoms with van der Waals surface area (Å²) in [6.07, 6.45) is 5.30. The standard InChI is InChI=1S/C15H25N3O2/c1-3-9-16-14-8-7-13(12-17-14)15(20)18(2)10-5-4-6-11-19/h7-8,12,19H,3-6,9-11H2,1-2H3,(H,16,17). The molecule has 2 N–H and O–H groups in total. The van der Waals surface area contributed by atoms with Crippen molar-refractivity contribution in [3.63, 3.8) is 0 Å². The highest BCUT2D eigenvalue weighted by Gasteiger charge is 2.11. The number of hydrogen-bond donors (Lipinski definition) is 2. The third kappa shape index (κ3) is 5.57. The number of aromatic nitrogens is 1. The van der Waals surface area contributed by atoms with Crippen molar-refractivity contribution in [2.75, 3.05) is 32.1 Å². The quantitative estimate of drug-likeness (QED) is 0.680. The molecule has 0 saturated heterocycles. The van der Waals surface area contributed by atoms with Gasteiger partial charge in [-0.1, -0.05) is 6.92 Å². The van der Waals surface area contributed by atoms with E-state index in [2.05, 4.69) is 17.2 Å². The van der Waals surface area contributed by atoms with Crippen LogP contribution in [-0.4, -0.2) is 47.6 Å². The molecule has 1 aromatic rings. The highest BCUT2D eigenvalue weighted by Crippen LogP contribution is 2.08. The third-order valence-corrected chi connectivity index (χ3v) is 3.06. The number of rotatable bonds is 9. The number of aliphatic hydroxyl groups excluding tert-OH is 1. The van der Waals surface area contributed by atoms with Gasteiger partial charge in [0.15, 0.2) is 0 Å². The molecule has 1 rings (SSSR count). The maximum absolute atomic E-state index is 12.1. The van der Waals surface area contributed by atoms with Crippen LogP contribution in [0.2, 0.25) is 0 Å². The SMILES string of the molecule is CCCNc1ccc(C(=O)N(C)CCCCCO)cn1. The summed E-state index contributed by atoms with van der Waals surface area (Å²) in [5.74, 6) is 0.789. The summed E-state index contributed by atoms with van der Waals surface area (Å²) in [4.78, 5) is 18.1. The van der Waals surface area contributed by atoms with E-state index in [0.717, 1.165) is 38.0 Å². The molecule has 5 heteroatoms. The van der Waals surface area contributed by atoms with E-state index in [9.17, 15) is 4.79 Å². The molecule has 1 amide bonds. The zero-order valence-electron chi connectivity index (χ0n) is 12.4. The fraction of sp³-hybridized carbons (Fsp3) is 0.600. The number of carbonyl (C=O) groups excluding carboxylic acids is 1. The van der Waals surface area contributed by atoms with Crippen LogP contribution in [0, 0.1) is 0 Å². The summed E-state index contributed by atoms with van der Waals surface area (Å²) in [5, 5.41) is 11.9. The van der Waals surface area contributed by atoms with Gasteiger partial charge in [0, 0.05) is 32.9 Å². The first-order chi connectivity index (χ1) is 9.69. The number of aliphatic hydroxyl groups is 1. The van der Waals surface area contributed by atoms with Crippen LogP contribution < -0.4 is 5.32 Å². The summed E-state index contributed by atoms with van der Waals surface area (Å²) in [6.45, 7) is 3.89. The Bertz CT molecular complexity index is 393. The smallest absolute Gasteiger partial charge is 0.255 e. The van der Waals surface area contributed by atoms with E-state index in [1.807, 2.05) is 6.07 Å². The van der Waals surface area contributed by atoms with Gasteiger partial charge in [0.05, 0.1) is 5.56 Å². The molecular formula is C15H25N3O2. The first kappa shape index (κ1) is 16.4. The van der Waals surface area contributed by atoms with Crippen molar-refractivity contribution in [3.8, 4) is 0 Å². The first-order valence-corrected chi connectivity index (χ1v) is 7.25. The molecule has 0 spiro atoms. The lowest BCUT2D eigenvalue weighted by atomic mass is 10.2. The second-order valence-electron chi connectivity index (χ2n) is 4.87. The molecule has 0 radical (unpaired) electrons. The van der Waals surface area contributed by atoms with Gasteiger partial charge in [-0.2, -0.15) is 0 Å². The van der Waals surface area contributed by atoms with Crippen molar-refractivity contribution in [1.29, 1.82) is 0 Å². The van der Waals surface area contributed by atoms with E-state index in [1.54, 1.807) is 24.2 Å². The van der Waals surface area contributed by atoms with E-state index in [0.29, 0.717) is 12.1 Å². The molecule has 112 valence electrons. The minimum atomic E-state index is -0.0106. The van der Waals surface area contributed by atoms with Crippen molar-refractivity contribution in [1.82, 2.24) is 9.88 Å². The van der Waals surface area contributed by atoms with Gasteiger partial charge in [-0.05, 0) is 37.8 Å². The van der Waals surface area contributed by atoms with E-state index < -0.39 is 0 Å². The van der Waals surface area contributed by atoms with E-state index in [1.165, 1.54) is 0 Å². The third-order valence-electron chi connectivity index (χ3n) is 3.06. The van der Waals surface area contributed by atoms with Crippen LogP contribution in [0.5, 0.6) is 0 Å². The molecule has 0 aliphatic carbocycles. The highest BCUT2D eigenvalue weighted by atomic mass is 16.2. The molecule has 20 heavy (non-hydrogen) atoms. The highest BCUT2D eigenvalue weighted by molar-refractivity contribution is 5.93. The minimum absolute atomic E-state index is 0.0106. The summed E-state index contributed by atoms with van der Waals surface area (Å²) in [7, 11) is 1.80. The van der Waals surface area contributed by atoms with Gasteiger partial charge in [0.1, 0.15) is 5.82 Å². The molecule has 1 heterocycles. The van der Waals surface area contributed by atoms with Gasteiger partial charge < -0.3 is 15.3 Å². The van der Waals surface area contributed by atoms with E-state index in [-0.39, 0.29) is 12.5 Å². The van der Waals surface area contributed by atoms with Crippen LogP contribution in [0.15, 0.2) is 18.3 Å². The molecule has 0 atom stereocenters. The number of nitrogens with one attached hydrogen (secondary N) is 1. The molecule has 5 nitrogen and oxygen atoms in total. The molecule has 1 aromatic heterocycles. The van der Waals surface area contributed by atoms with Gasteiger partial charge >= 0.3 is 0 Å². The van der Waals surface area contributed by atoms with Crippen LogP contribution in [0.3, 0.4) is 0 Å². The molecule has 0 unspecified atom stereocenters. The lowest BCUT2D eigenvalue weighted by Gasteiger charge is -2.17. The lowest BCUT2D eigenvalue weighted by Crippen LogP contribution is -2.27. The Morgan fingerprint density at radius 1 is 1.35 bits per heavy atom. The monoisotopic (exact) mass is 279 g/mol. The Balaban J connectivity index is 2.45. The van der Waals surface area contributed by atoms with Gasteiger partial charge in [-0.3, -0.25) is 4.79 Å². The number of anilines is 1. The number of carbonyl (C=O) groups is 1. The zero-order valence-corrected chi connectivity index (χ0v) is 12.4. The Morgan fingerprint density at radius 3 is 2.75 bits per heavy atom. The van der Waals surface area contributed by atoms with Crippen LogP contribution in [-0.2, 0) is 0 Å². The predicted molar refractivity (Wildman–Crippen MR) is 80.9 cm³/mol.